The lowest BCUT2D eigenvalue weighted by atomic mass is 10.0. The second-order valence-corrected chi connectivity index (χ2v) is 8.54. The van der Waals surface area contributed by atoms with Gasteiger partial charge in [-0.2, -0.15) is 0 Å². The molecule has 1 amide bonds. The average Bonchev–Trinajstić information content (AvgIpc) is 3.40. The maximum Gasteiger partial charge on any atom is 0.266 e. The molecule has 1 atom stereocenters. The van der Waals surface area contributed by atoms with Crippen molar-refractivity contribution >= 4 is 17.2 Å². The van der Waals surface area contributed by atoms with E-state index in [1.54, 1.807) is 14.2 Å². The Bertz CT molecular complexity index is 1030. The molecule has 0 saturated carbocycles. The van der Waals surface area contributed by atoms with Crippen LogP contribution in [0.2, 0.25) is 0 Å². The van der Waals surface area contributed by atoms with Crippen LogP contribution in [0.4, 0.5) is 0 Å². The third-order valence-corrected chi connectivity index (χ3v) is 6.68. The number of thiazole rings is 1. The number of nitrogens with zero attached hydrogens (tertiary/aromatic N) is 2. The molecule has 0 spiro atoms. The van der Waals surface area contributed by atoms with Crippen molar-refractivity contribution < 1.29 is 14.3 Å². The van der Waals surface area contributed by atoms with Crippen molar-refractivity contribution in [3.05, 3.63) is 75.2 Å². The number of carbonyl (C=O) groups excluding carboxylic acids is 1. The quantitative estimate of drug-likeness (QED) is 0.559. The minimum atomic E-state index is 0.0383. The van der Waals surface area contributed by atoms with Gasteiger partial charge in [-0.05, 0) is 43.0 Å². The zero-order chi connectivity index (χ0) is 21.1. The molecule has 0 bridgehead atoms. The molecule has 1 aliphatic rings. The summed E-state index contributed by atoms with van der Waals surface area (Å²) in [5.41, 5.74) is 3.09. The maximum atomic E-state index is 13.4. The molecular formula is C24H26N2O3S. The van der Waals surface area contributed by atoms with E-state index in [2.05, 4.69) is 17.1 Å². The number of aryl methyl sites for hydroxylation is 1. The van der Waals surface area contributed by atoms with Gasteiger partial charge >= 0.3 is 0 Å². The van der Waals surface area contributed by atoms with Crippen LogP contribution in [0.3, 0.4) is 0 Å². The molecule has 5 nitrogen and oxygen atoms in total. The number of benzene rings is 2. The van der Waals surface area contributed by atoms with Gasteiger partial charge in [0.25, 0.3) is 5.91 Å². The number of likely N-dealkylation sites (tertiary alicyclic amines) is 1. The van der Waals surface area contributed by atoms with Gasteiger partial charge in [0.2, 0.25) is 0 Å². The van der Waals surface area contributed by atoms with Crippen LogP contribution in [-0.2, 0) is 6.42 Å². The van der Waals surface area contributed by atoms with Crippen LogP contribution in [0.25, 0.3) is 0 Å². The smallest absolute Gasteiger partial charge is 0.266 e. The maximum absolute atomic E-state index is 13.4. The SMILES string of the molecule is COc1ccc(C2CCCN2C(=O)c2sc(Cc3ccccc3)nc2C)cc1OC. The number of amides is 1. The van der Waals surface area contributed by atoms with E-state index in [9.17, 15) is 4.79 Å². The van der Waals surface area contributed by atoms with Crippen molar-refractivity contribution in [3.63, 3.8) is 0 Å². The first-order chi connectivity index (χ1) is 14.6. The lowest BCUT2D eigenvalue weighted by Gasteiger charge is -2.25. The minimum Gasteiger partial charge on any atom is -0.493 e. The summed E-state index contributed by atoms with van der Waals surface area (Å²) in [6.07, 6.45) is 2.67. The highest BCUT2D eigenvalue weighted by Gasteiger charge is 2.33. The number of aromatic nitrogens is 1. The Morgan fingerprint density at radius 1 is 1.13 bits per heavy atom. The second-order valence-electron chi connectivity index (χ2n) is 7.46. The van der Waals surface area contributed by atoms with Crippen LogP contribution in [0, 0.1) is 6.92 Å². The topological polar surface area (TPSA) is 51.7 Å². The third-order valence-electron chi connectivity index (χ3n) is 5.54. The first-order valence-corrected chi connectivity index (χ1v) is 11.0. The molecule has 2 heterocycles. The van der Waals surface area contributed by atoms with Gasteiger partial charge in [-0.1, -0.05) is 36.4 Å². The molecule has 156 valence electrons. The van der Waals surface area contributed by atoms with Gasteiger partial charge in [-0.3, -0.25) is 4.79 Å². The molecule has 30 heavy (non-hydrogen) atoms. The number of carbonyl (C=O) groups is 1. The van der Waals surface area contributed by atoms with Crippen LogP contribution in [0.5, 0.6) is 11.5 Å². The fraction of sp³-hybridized carbons (Fsp3) is 0.333. The van der Waals surface area contributed by atoms with E-state index in [-0.39, 0.29) is 11.9 Å². The van der Waals surface area contributed by atoms with E-state index in [0.717, 1.165) is 46.9 Å². The van der Waals surface area contributed by atoms with Crippen LogP contribution in [0.15, 0.2) is 48.5 Å². The average molecular weight is 423 g/mol. The van der Waals surface area contributed by atoms with Crippen LogP contribution >= 0.6 is 11.3 Å². The molecule has 1 aliphatic heterocycles. The van der Waals surface area contributed by atoms with Crippen molar-refractivity contribution in [2.45, 2.75) is 32.2 Å². The summed E-state index contributed by atoms with van der Waals surface area (Å²) in [6, 6.07) is 16.2. The number of rotatable bonds is 6. The van der Waals surface area contributed by atoms with Crippen molar-refractivity contribution in [2.24, 2.45) is 0 Å². The lowest BCUT2D eigenvalue weighted by molar-refractivity contribution is 0.0739. The number of methoxy groups -OCH3 is 2. The fourth-order valence-corrected chi connectivity index (χ4v) is 5.10. The number of hydrogen-bond acceptors (Lipinski definition) is 5. The number of ether oxygens (including phenoxy) is 2. The van der Waals surface area contributed by atoms with E-state index in [0.29, 0.717) is 11.5 Å². The van der Waals surface area contributed by atoms with Crippen molar-refractivity contribution in [1.82, 2.24) is 9.88 Å². The van der Waals surface area contributed by atoms with Gasteiger partial charge in [0.15, 0.2) is 11.5 Å². The second kappa shape index (κ2) is 8.88. The Morgan fingerprint density at radius 2 is 1.90 bits per heavy atom. The highest BCUT2D eigenvalue weighted by molar-refractivity contribution is 7.13. The van der Waals surface area contributed by atoms with Crippen LogP contribution in [0.1, 0.15) is 50.4 Å². The van der Waals surface area contributed by atoms with Gasteiger partial charge in [-0.25, -0.2) is 4.98 Å². The predicted octanol–water partition coefficient (Wildman–Crippen LogP) is 5.04. The van der Waals surface area contributed by atoms with E-state index >= 15 is 0 Å². The van der Waals surface area contributed by atoms with Gasteiger partial charge < -0.3 is 14.4 Å². The first kappa shape index (κ1) is 20.4. The largest absolute Gasteiger partial charge is 0.493 e. The molecule has 3 aromatic rings. The first-order valence-electron chi connectivity index (χ1n) is 10.1. The Labute approximate surface area is 181 Å². The van der Waals surface area contributed by atoms with Crippen molar-refractivity contribution in [1.29, 1.82) is 0 Å². The van der Waals surface area contributed by atoms with E-state index < -0.39 is 0 Å². The van der Waals surface area contributed by atoms with Crippen LogP contribution < -0.4 is 9.47 Å². The molecule has 0 aliphatic carbocycles. The fourth-order valence-electron chi connectivity index (χ4n) is 4.04. The third kappa shape index (κ3) is 4.05. The van der Waals surface area contributed by atoms with Gasteiger partial charge in [0.1, 0.15) is 4.88 Å². The molecule has 1 fully saturated rings. The summed E-state index contributed by atoms with van der Waals surface area (Å²) in [5.74, 6) is 1.45. The summed E-state index contributed by atoms with van der Waals surface area (Å²) in [4.78, 5) is 20.8. The molecule has 0 radical (unpaired) electrons. The normalized spacial score (nSPS) is 16.0. The Kier molecular flexibility index (Phi) is 6.04. The van der Waals surface area contributed by atoms with E-state index in [1.165, 1.54) is 16.9 Å². The van der Waals surface area contributed by atoms with E-state index in [1.807, 2.05) is 48.2 Å². The predicted molar refractivity (Wildman–Crippen MR) is 119 cm³/mol. The molecule has 1 aromatic heterocycles. The number of hydrogen-bond donors (Lipinski definition) is 0. The van der Waals surface area contributed by atoms with E-state index in [4.69, 9.17) is 9.47 Å². The Morgan fingerprint density at radius 3 is 2.63 bits per heavy atom. The van der Waals surface area contributed by atoms with Gasteiger partial charge in [0.05, 0.1) is 31.0 Å². The van der Waals surface area contributed by atoms with Crippen molar-refractivity contribution in [2.75, 3.05) is 20.8 Å². The van der Waals surface area contributed by atoms with Crippen molar-refractivity contribution in [3.8, 4) is 11.5 Å². The lowest BCUT2D eigenvalue weighted by Crippen LogP contribution is -2.30. The van der Waals surface area contributed by atoms with Gasteiger partial charge in [-0.15, -0.1) is 11.3 Å². The highest BCUT2D eigenvalue weighted by Crippen LogP contribution is 2.38. The monoisotopic (exact) mass is 422 g/mol. The summed E-state index contributed by atoms with van der Waals surface area (Å²) in [6.45, 7) is 2.68. The Balaban J connectivity index is 1.57. The summed E-state index contributed by atoms with van der Waals surface area (Å²) < 4.78 is 10.8. The minimum absolute atomic E-state index is 0.0383. The Hall–Kier alpha value is -2.86. The highest BCUT2D eigenvalue weighted by atomic mass is 32.1. The molecule has 1 unspecified atom stereocenters. The molecule has 4 rings (SSSR count). The summed E-state index contributed by atoms with van der Waals surface area (Å²) >= 11 is 1.51. The standard InChI is InChI=1S/C24H26N2O3S/c1-16-23(30-22(25-16)14-17-8-5-4-6-9-17)24(27)26-13-7-10-19(26)18-11-12-20(28-2)21(15-18)29-3/h4-6,8-9,11-12,15,19H,7,10,13-14H2,1-3H3. The molecule has 2 aromatic carbocycles. The summed E-state index contributed by atoms with van der Waals surface area (Å²) in [5, 5.41) is 0.976. The molecule has 1 saturated heterocycles. The summed E-state index contributed by atoms with van der Waals surface area (Å²) in [7, 11) is 3.26. The zero-order valence-corrected chi connectivity index (χ0v) is 18.4. The molecule has 6 heteroatoms. The van der Waals surface area contributed by atoms with Gasteiger partial charge in [0, 0.05) is 13.0 Å². The molecule has 0 N–H and O–H groups in total. The molecular weight excluding hydrogens is 396 g/mol. The zero-order valence-electron chi connectivity index (χ0n) is 17.6. The van der Waals surface area contributed by atoms with Crippen LogP contribution in [-0.4, -0.2) is 36.6 Å².